The highest BCUT2D eigenvalue weighted by molar-refractivity contribution is 7.07. The van der Waals surface area contributed by atoms with Gasteiger partial charge in [0.25, 0.3) is 5.91 Å². The zero-order valence-electron chi connectivity index (χ0n) is 18.9. The van der Waals surface area contributed by atoms with Crippen molar-refractivity contribution in [2.24, 2.45) is 0 Å². The lowest BCUT2D eigenvalue weighted by atomic mass is 9.95. The molecule has 1 aliphatic heterocycles. The molecule has 174 valence electrons. The van der Waals surface area contributed by atoms with Crippen LogP contribution in [-0.4, -0.2) is 46.9 Å². The van der Waals surface area contributed by atoms with Gasteiger partial charge in [-0.05, 0) is 78.6 Å². The van der Waals surface area contributed by atoms with Gasteiger partial charge in [-0.2, -0.15) is 16.4 Å². The second-order valence-electron chi connectivity index (χ2n) is 8.93. The van der Waals surface area contributed by atoms with Gasteiger partial charge < -0.3 is 14.4 Å². The second-order valence-corrected chi connectivity index (χ2v) is 9.71. The minimum Gasteiger partial charge on any atom is -0.493 e. The predicted octanol–water partition coefficient (Wildman–Crippen LogP) is 4.79. The molecule has 33 heavy (non-hydrogen) atoms. The molecule has 3 heterocycles. The van der Waals surface area contributed by atoms with E-state index in [4.69, 9.17) is 9.47 Å². The Balaban J connectivity index is 1.29. The van der Waals surface area contributed by atoms with Crippen LogP contribution >= 0.6 is 11.3 Å². The zero-order chi connectivity index (χ0) is 22.5. The molecule has 1 saturated heterocycles. The summed E-state index contributed by atoms with van der Waals surface area (Å²) < 4.78 is 11.9. The number of carbonyl (C=O) groups excluding carboxylic acids is 1. The number of nitrogens with one attached hydrogen (secondary N) is 1. The number of hydrogen-bond acceptors (Lipinski definition) is 5. The van der Waals surface area contributed by atoms with Crippen molar-refractivity contribution in [1.29, 1.82) is 0 Å². The average Bonchev–Trinajstić information content (AvgIpc) is 3.61. The first-order chi connectivity index (χ1) is 16.3. The van der Waals surface area contributed by atoms with E-state index in [0.717, 1.165) is 74.1 Å². The fourth-order valence-corrected chi connectivity index (χ4v) is 5.44. The normalized spacial score (nSPS) is 17.6. The third kappa shape index (κ3) is 5.47. The molecule has 0 radical (unpaired) electrons. The molecule has 1 aromatic carbocycles. The lowest BCUT2D eigenvalue weighted by Gasteiger charge is -2.26. The topological polar surface area (TPSA) is 67.5 Å². The van der Waals surface area contributed by atoms with E-state index in [-0.39, 0.29) is 12.0 Å². The van der Waals surface area contributed by atoms with Crippen molar-refractivity contribution in [1.82, 2.24) is 15.1 Å². The standard InChI is InChI=1S/C26H31N3O3S/c30-26(25-23-8-1-2-9-24(23)27-28-25)29(17-22-7-4-12-31-22)16-20-5-3-6-21(15-20)32-13-10-19-11-14-33-18-19/h3,5-6,11,14-15,18,22H,1-2,4,7-10,12-13,16-17H2,(H,27,28)/t22-/m0/s1. The fourth-order valence-electron chi connectivity index (χ4n) is 4.74. The van der Waals surface area contributed by atoms with E-state index in [2.05, 4.69) is 33.1 Å². The van der Waals surface area contributed by atoms with Crippen molar-refractivity contribution in [2.45, 2.75) is 57.6 Å². The van der Waals surface area contributed by atoms with Gasteiger partial charge in [0.2, 0.25) is 0 Å². The summed E-state index contributed by atoms with van der Waals surface area (Å²) >= 11 is 1.71. The van der Waals surface area contributed by atoms with Crippen molar-refractivity contribution < 1.29 is 14.3 Å². The maximum atomic E-state index is 13.6. The SMILES string of the molecule is O=C(c1n[nH]c2c1CCCC2)N(Cc1cccc(OCCc2ccsc2)c1)C[C@@H]1CCCO1. The lowest BCUT2D eigenvalue weighted by Crippen LogP contribution is -2.37. The molecule has 1 atom stereocenters. The number of aromatic amines is 1. The van der Waals surface area contributed by atoms with E-state index in [0.29, 0.717) is 25.4 Å². The van der Waals surface area contributed by atoms with Crippen LogP contribution in [-0.2, 0) is 30.5 Å². The number of nitrogens with zero attached hydrogens (tertiary/aromatic N) is 2. The first-order valence-electron chi connectivity index (χ1n) is 12.0. The summed E-state index contributed by atoms with van der Waals surface area (Å²) in [7, 11) is 0. The quantitative estimate of drug-likeness (QED) is 0.493. The molecular weight excluding hydrogens is 434 g/mol. The Morgan fingerprint density at radius 1 is 1.21 bits per heavy atom. The van der Waals surface area contributed by atoms with Crippen LogP contribution in [0.1, 0.15) is 58.6 Å². The first kappa shape index (κ1) is 22.2. The van der Waals surface area contributed by atoms with Crippen molar-refractivity contribution in [3.63, 3.8) is 0 Å². The number of H-pyrrole nitrogens is 1. The van der Waals surface area contributed by atoms with Crippen molar-refractivity contribution in [2.75, 3.05) is 19.8 Å². The summed E-state index contributed by atoms with van der Waals surface area (Å²) in [5.74, 6) is 0.832. The highest BCUT2D eigenvalue weighted by Gasteiger charge is 2.28. The van der Waals surface area contributed by atoms with Gasteiger partial charge in [0.15, 0.2) is 5.69 Å². The molecule has 1 aliphatic carbocycles. The number of aryl methyl sites for hydroxylation is 1. The number of hydrogen-bond donors (Lipinski definition) is 1. The van der Waals surface area contributed by atoms with Gasteiger partial charge in [0.1, 0.15) is 5.75 Å². The monoisotopic (exact) mass is 465 g/mol. The number of fused-ring (bicyclic) bond motifs is 1. The van der Waals surface area contributed by atoms with Gasteiger partial charge in [-0.3, -0.25) is 9.89 Å². The maximum absolute atomic E-state index is 13.6. The number of ether oxygens (including phenoxy) is 2. The summed E-state index contributed by atoms with van der Waals surface area (Å²) in [4.78, 5) is 15.5. The second kappa shape index (κ2) is 10.5. The number of carbonyl (C=O) groups is 1. The maximum Gasteiger partial charge on any atom is 0.275 e. The molecule has 0 bridgehead atoms. The highest BCUT2D eigenvalue weighted by atomic mass is 32.1. The van der Waals surface area contributed by atoms with Gasteiger partial charge in [-0.15, -0.1) is 0 Å². The Bertz CT molecular complexity index is 1060. The van der Waals surface area contributed by atoms with Crippen LogP contribution in [0.2, 0.25) is 0 Å². The molecule has 1 fully saturated rings. The summed E-state index contributed by atoms with van der Waals surface area (Å²) in [5.41, 5.74) is 5.17. The van der Waals surface area contributed by atoms with Crippen molar-refractivity contribution >= 4 is 17.2 Å². The molecule has 2 aromatic heterocycles. The summed E-state index contributed by atoms with van der Waals surface area (Å²) in [6.07, 6.45) is 7.20. The summed E-state index contributed by atoms with van der Waals surface area (Å²) in [5, 5.41) is 11.8. The van der Waals surface area contributed by atoms with Crippen LogP contribution < -0.4 is 4.74 Å². The van der Waals surface area contributed by atoms with E-state index >= 15 is 0 Å². The smallest absolute Gasteiger partial charge is 0.275 e. The summed E-state index contributed by atoms with van der Waals surface area (Å²) in [6.45, 7) is 2.52. The molecular formula is C26H31N3O3S. The van der Waals surface area contributed by atoms with Crippen LogP contribution in [0.4, 0.5) is 0 Å². The van der Waals surface area contributed by atoms with Crippen LogP contribution in [0, 0.1) is 0 Å². The molecule has 7 heteroatoms. The van der Waals surface area contributed by atoms with E-state index in [1.807, 2.05) is 23.1 Å². The van der Waals surface area contributed by atoms with E-state index in [1.165, 1.54) is 5.56 Å². The largest absolute Gasteiger partial charge is 0.493 e. The number of amides is 1. The molecule has 0 saturated carbocycles. The third-order valence-electron chi connectivity index (χ3n) is 6.51. The van der Waals surface area contributed by atoms with Gasteiger partial charge >= 0.3 is 0 Å². The van der Waals surface area contributed by atoms with Crippen LogP contribution in [0.5, 0.6) is 5.75 Å². The minimum atomic E-state index is -0.00585. The molecule has 0 spiro atoms. The number of aromatic nitrogens is 2. The Morgan fingerprint density at radius 3 is 3.00 bits per heavy atom. The Hall–Kier alpha value is -2.64. The lowest BCUT2D eigenvalue weighted by molar-refractivity contribution is 0.0501. The van der Waals surface area contributed by atoms with Gasteiger partial charge in [-0.1, -0.05) is 12.1 Å². The Labute approximate surface area is 198 Å². The van der Waals surface area contributed by atoms with Gasteiger partial charge in [-0.25, -0.2) is 0 Å². The molecule has 1 N–H and O–H groups in total. The van der Waals surface area contributed by atoms with Crippen molar-refractivity contribution in [3.05, 3.63) is 69.2 Å². The van der Waals surface area contributed by atoms with E-state index in [9.17, 15) is 4.79 Å². The van der Waals surface area contributed by atoms with Gasteiger partial charge in [0, 0.05) is 37.4 Å². The third-order valence-corrected chi connectivity index (χ3v) is 7.24. The fraction of sp³-hybridized carbons (Fsp3) is 0.462. The average molecular weight is 466 g/mol. The zero-order valence-corrected chi connectivity index (χ0v) is 19.7. The highest BCUT2D eigenvalue weighted by Crippen LogP contribution is 2.25. The number of thiophene rings is 1. The predicted molar refractivity (Wildman–Crippen MR) is 129 cm³/mol. The van der Waals surface area contributed by atoms with E-state index < -0.39 is 0 Å². The molecule has 1 amide bonds. The van der Waals surface area contributed by atoms with Gasteiger partial charge in [0.05, 0.1) is 12.7 Å². The van der Waals surface area contributed by atoms with Crippen LogP contribution in [0.25, 0.3) is 0 Å². The van der Waals surface area contributed by atoms with Crippen LogP contribution in [0.15, 0.2) is 41.1 Å². The minimum absolute atomic E-state index is 0.00585. The Kier molecular flexibility index (Phi) is 7.07. The molecule has 5 rings (SSSR count). The van der Waals surface area contributed by atoms with Crippen LogP contribution in [0.3, 0.4) is 0 Å². The first-order valence-corrected chi connectivity index (χ1v) is 12.9. The number of rotatable bonds is 9. The number of benzene rings is 1. The van der Waals surface area contributed by atoms with E-state index in [1.54, 1.807) is 11.3 Å². The molecule has 3 aromatic rings. The Morgan fingerprint density at radius 2 is 2.15 bits per heavy atom. The molecule has 0 unspecified atom stereocenters. The summed E-state index contributed by atoms with van der Waals surface area (Å²) in [6, 6.07) is 10.2. The molecule has 6 nitrogen and oxygen atoms in total. The molecule has 2 aliphatic rings. The van der Waals surface area contributed by atoms with Crippen molar-refractivity contribution in [3.8, 4) is 5.75 Å².